The van der Waals surface area contributed by atoms with Gasteiger partial charge in [-0.3, -0.25) is 9.59 Å². The van der Waals surface area contributed by atoms with E-state index in [0.717, 1.165) is 40.3 Å². The van der Waals surface area contributed by atoms with Crippen molar-refractivity contribution >= 4 is 17.5 Å². The van der Waals surface area contributed by atoms with Gasteiger partial charge in [0.2, 0.25) is 0 Å². The van der Waals surface area contributed by atoms with Crippen molar-refractivity contribution in [2.24, 2.45) is 5.41 Å². The predicted octanol–water partition coefficient (Wildman–Crippen LogP) is 5.44. The number of allylic oxidation sites excluding steroid dienone is 2. The number of nitrogens with zero attached hydrogens (tertiary/aromatic N) is 1. The first-order valence-electron chi connectivity index (χ1n) is 11.5. The molecule has 2 aliphatic rings. The SMILES string of the molecule is COc1ccc(C2C3=C(Cc4nc(SCc5ccccc5)[nH]c(=O)c42)CC(C)(C)CC3=O)cc1. The predicted molar refractivity (Wildman–Crippen MR) is 134 cm³/mol. The van der Waals surface area contributed by atoms with Gasteiger partial charge in [-0.1, -0.05) is 73.6 Å². The van der Waals surface area contributed by atoms with Crippen LogP contribution < -0.4 is 10.3 Å². The third-order valence-electron chi connectivity index (χ3n) is 6.65. The van der Waals surface area contributed by atoms with Crippen LogP contribution in [0.5, 0.6) is 5.75 Å². The average molecular weight is 473 g/mol. The molecule has 0 fully saturated rings. The molecule has 0 radical (unpaired) electrons. The van der Waals surface area contributed by atoms with E-state index in [1.165, 1.54) is 17.3 Å². The molecule has 1 N–H and O–H groups in total. The number of aromatic amines is 1. The van der Waals surface area contributed by atoms with Crippen molar-refractivity contribution in [3.8, 4) is 5.75 Å². The second-order valence-electron chi connectivity index (χ2n) is 9.85. The van der Waals surface area contributed by atoms with Gasteiger partial charge in [0.15, 0.2) is 10.9 Å². The van der Waals surface area contributed by atoms with Crippen LogP contribution in [0.25, 0.3) is 0 Å². The van der Waals surface area contributed by atoms with Gasteiger partial charge in [0, 0.05) is 30.1 Å². The van der Waals surface area contributed by atoms with Crippen LogP contribution in [-0.2, 0) is 17.0 Å². The summed E-state index contributed by atoms with van der Waals surface area (Å²) in [6, 6.07) is 17.8. The summed E-state index contributed by atoms with van der Waals surface area (Å²) < 4.78 is 5.32. The van der Waals surface area contributed by atoms with E-state index < -0.39 is 5.92 Å². The molecule has 5 rings (SSSR count). The minimum Gasteiger partial charge on any atom is -0.497 e. The number of nitrogens with one attached hydrogen (secondary N) is 1. The second kappa shape index (κ2) is 8.91. The van der Waals surface area contributed by atoms with Crippen LogP contribution in [0.4, 0.5) is 0 Å². The number of carbonyl (C=O) groups is 1. The Morgan fingerprint density at radius 2 is 1.79 bits per heavy atom. The zero-order valence-electron chi connectivity index (χ0n) is 19.7. The van der Waals surface area contributed by atoms with Crippen molar-refractivity contribution in [1.29, 1.82) is 0 Å². The van der Waals surface area contributed by atoms with Gasteiger partial charge >= 0.3 is 0 Å². The number of benzene rings is 2. The van der Waals surface area contributed by atoms with E-state index in [4.69, 9.17) is 9.72 Å². The number of hydrogen-bond donors (Lipinski definition) is 1. The minimum absolute atomic E-state index is 0.0933. The number of hydrogen-bond acceptors (Lipinski definition) is 5. The number of ketones is 1. The molecule has 3 aromatic rings. The number of H-pyrrole nitrogens is 1. The molecular weight excluding hydrogens is 444 g/mol. The lowest BCUT2D eigenvalue weighted by molar-refractivity contribution is -0.118. The average Bonchev–Trinajstić information content (AvgIpc) is 2.81. The van der Waals surface area contributed by atoms with Crippen molar-refractivity contribution in [2.45, 2.75) is 49.9 Å². The van der Waals surface area contributed by atoms with Crippen LogP contribution in [-0.4, -0.2) is 22.9 Å². The summed E-state index contributed by atoms with van der Waals surface area (Å²) in [5.41, 5.74) is 5.12. The zero-order chi connectivity index (χ0) is 23.9. The van der Waals surface area contributed by atoms with Crippen LogP contribution >= 0.6 is 11.8 Å². The van der Waals surface area contributed by atoms with Gasteiger partial charge < -0.3 is 9.72 Å². The molecular formula is C28H28N2O3S. The first kappa shape index (κ1) is 22.7. The molecule has 2 aliphatic carbocycles. The quantitative estimate of drug-likeness (QED) is 0.395. The number of fused-ring (bicyclic) bond motifs is 1. The lowest BCUT2D eigenvalue weighted by Crippen LogP contribution is -2.35. The maximum atomic E-state index is 13.4. The van der Waals surface area contributed by atoms with Crippen LogP contribution in [0.15, 0.2) is 75.7 Å². The first-order chi connectivity index (χ1) is 16.3. The van der Waals surface area contributed by atoms with Gasteiger partial charge in [0.05, 0.1) is 18.4 Å². The molecule has 0 saturated carbocycles. The molecule has 0 saturated heterocycles. The summed E-state index contributed by atoms with van der Waals surface area (Å²) in [6.07, 6.45) is 1.88. The molecule has 1 aromatic heterocycles. The summed E-state index contributed by atoms with van der Waals surface area (Å²) in [5.74, 6) is 1.20. The summed E-state index contributed by atoms with van der Waals surface area (Å²) in [7, 11) is 1.63. The van der Waals surface area contributed by atoms with Crippen molar-refractivity contribution in [2.75, 3.05) is 7.11 Å². The van der Waals surface area contributed by atoms with Gasteiger partial charge in [0.1, 0.15) is 5.75 Å². The van der Waals surface area contributed by atoms with Crippen LogP contribution in [0.3, 0.4) is 0 Å². The summed E-state index contributed by atoms with van der Waals surface area (Å²) in [4.78, 5) is 34.7. The molecule has 174 valence electrons. The normalized spacial score (nSPS) is 18.9. The number of carbonyl (C=O) groups excluding carboxylic acids is 1. The molecule has 34 heavy (non-hydrogen) atoms. The van der Waals surface area contributed by atoms with Gasteiger partial charge in [-0.05, 0) is 35.1 Å². The first-order valence-corrected chi connectivity index (χ1v) is 12.5. The third-order valence-corrected chi connectivity index (χ3v) is 7.60. The summed E-state index contributed by atoms with van der Waals surface area (Å²) in [5, 5.41) is 0.617. The number of aromatic nitrogens is 2. The second-order valence-corrected chi connectivity index (χ2v) is 10.8. The van der Waals surface area contributed by atoms with Gasteiger partial charge in [-0.25, -0.2) is 4.98 Å². The highest BCUT2D eigenvalue weighted by Gasteiger charge is 2.42. The van der Waals surface area contributed by atoms with Crippen molar-refractivity contribution in [3.05, 3.63) is 98.5 Å². The largest absolute Gasteiger partial charge is 0.497 e. The highest BCUT2D eigenvalue weighted by Crippen LogP contribution is 2.48. The van der Waals surface area contributed by atoms with Crippen LogP contribution in [0, 0.1) is 5.41 Å². The Bertz CT molecular complexity index is 1320. The van der Waals surface area contributed by atoms with E-state index in [9.17, 15) is 9.59 Å². The molecule has 2 aromatic carbocycles. The van der Waals surface area contributed by atoms with Crippen molar-refractivity contribution in [1.82, 2.24) is 9.97 Å². The van der Waals surface area contributed by atoms with Crippen molar-refractivity contribution in [3.63, 3.8) is 0 Å². The van der Waals surface area contributed by atoms with Gasteiger partial charge in [0.25, 0.3) is 5.56 Å². The number of rotatable bonds is 5. The van der Waals surface area contributed by atoms with E-state index >= 15 is 0 Å². The van der Waals surface area contributed by atoms with E-state index in [0.29, 0.717) is 23.6 Å². The fourth-order valence-corrected chi connectivity index (χ4v) is 6.03. The van der Waals surface area contributed by atoms with E-state index in [1.54, 1.807) is 7.11 Å². The fourth-order valence-electron chi connectivity index (χ4n) is 5.19. The maximum absolute atomic E-state index is 13.4. The lowest BCUT2D eigenvalue weighted by Gasteiger charge is -2.38. The number of thioether (sulfide) groups is 1. The molecule has 0 aliphatic heterocycles. The van der Waals surface area contributed by atoms with E-state index in [2.05, 4.69) is 31.0 Å². The monoisotopic (exact) mass is 472 g/mol. The molecule has 0 bridgehead atoms. The summed E-state index contributed by atoms with van der Waals surface area (Å²) >= 11 is 1.53. The molecule has 0 amide bonds. The molecule has 6 heteroatoms. The molecule has 1 atom stereocenters. The lowest BCUT2D eigenvalue weighted by atomic mass is 9.65. The zero-order valence-corrected chi connectivity index (χ0v) is 20.5. The topological polar surface area (TPSA) is 72.0 Å². The van der Waals surface area contributed by atoms with Gasteiger partial charge in [-0.15, -0.1) is 0 Å². The Balaban J connectivity index is 1.59. The summed E-state index contributed by atoms with van der Waals surface area (Å²) in [6.45, 7) is 4.28. The number of Topliss-reactive ketones (excluding diaryl/α,β-unsaturated/α-hetero) is 1. The smallest absolute Gasteiger partial charge is 0.255 e. The number of ether oxygens (including phenoxy) is 1. The molecule has 1 unspecified atom stereocenters. The Labute approximate surface area is 203 Å². The highest BCUT2D eigenvalue weighted by molar-refractivity contribution is 7.98. The molecule has 1 heterocycles. The Kier molecular flexibility index (Phi) is 5.94. The van der Waals surface area contributed by atoms with E-state index in [-0.39, 0.29) is 16.8 Å². The van der Waals surface area contributed by atoms with Crippen molar-refractivity contribution < 1.29 is 9.53 Å². The Hall–Kier alpha value is -3.12. The number of methoxy groups -OCH3 is 1. The standard InChI is InChI=1S/C28H28N2O3S/c1-28(2)14-19-13-21-25(26(32)30-27(29-21)34-16-17-7-5-4-6-8-17)24(23(19)22(31)15-28)18-9-11-20(33-3)12-10-18/h4-12,24H,13-16H2,1-3H3,(H,29,30,32). The van der Waals surface area contributed by atoms with Crippen LogP contribution in [0.1, 0.15) is 55.0 Å². The minimum atomic E-state index is -0.405. The third kappa shape index (κ3) is 4.34. The van der Waals surface area contributed by atoms with Crippen LogP contribution in [0.2, 0.25) is 0 Å². The highest BCUT2D eigenvalue weighted by atomic mass is 32.2. The van der Waals surface area contributed by atoms with E-state index in [1.807, 2.05) is 42.5 Å². The fraction of sp³-hybridized carbons (Fsp3) is 0.321. The maximum Gasteiger partial charge on any atom is 0.255 e. The Morgan fingerprint density at radius 1 is 1.06 bits per heavy atom. The van der Waals surface area contributed by atoms with Gasteiger partial charge in [-0.2, -0.15) is 0 Å². The Morgan fingerprint density at radius 3 is 2.50 bits per heavy atom. The molecule has 5 nitrogen and oxygen atoms in total. The molecule has 0 spiro atoms.